The first-order valence-corrected chi connectivity index (χ1v) is 11.6. The van der Waals surface area contributed by atoms with E-state index in [9.17, 15) is 16.8 Å². The smallest absolute Gasteiger partial charge is 0.206 e. The second-order valence-corrected chi connectivity index (χ2v) is 11.4. The van der Waals surface area contributed by atoms with E-state index in [4.69, 9.17) is 0 Å². The summed E-state index contributed by atoms with van der Waals surface area (Å²) in [6.45, 7) is 2.22. The maximum atomic E-state index is 12.6. The molecule has 2 aromatic heterocycles. The standard InChI is InChI=1S/C13H16N2O4S4/c1-11-10-14(22(16,17)12-4-2-8-20-12)6-7-15(11)23(18,19)13-5-3-9-21-13/h2-5,8-9,11H,6-7,10H2,1H3/t11-/m1/s1. The number of hydrogen-bond acceptors (Lipinski definition) is 6. The number of nitrogens with zero attached hydrogens (tertiary/aromatic N) is 2. The maximum absolute atomic E-state index is 12.6. The molecule has 1 atom stereocenters. The summed E-state index contributed by atoms with van der Waals surface area (Å²) < 4.78 is 53.7. The van der Waals surface area contributed by atoms with E-state index in [1.165, 1.54) is 31.3 Å². The number of thiophene rings is 2. The first-order chi connectivity index (χ1) is 10.8. The third kappa shape index (κ3) is 3.11. The topological polar surface area (TPSA) is 74.8 Å². The van der Waals surface area contributed by atoms with Gasteiger partial charge < -0.3 is 0 Å². The summed E-state index contributed by atoms with van der Waals surface area (Å²) in [6.07, 6.45) is 0. The van der Waals surface area contributed by atoms with Gasteiger partial charge in [0.05, 0.1) is 0 Å². The molecule has 6 nitrogen and oxygen atoms in total. The second kappa shape index (κ2) is 6.26. The van der Waals surface area contributed by atoms with Gasteiger partial charge in [0.1, 0.15) is 8.42 Å². The molecular weight excluding hydrogens is 376 g/mol. The molecule has 10 heteroatoms. The minimum absolute atomic E-state index is 0.158. The molecule has 1 aliphatic rings. The van der Waals surface area contributed by atoms with Gasteiger partial charge in [-0.15, -0.1) is 22.7 Å². The predicted octanol–water partition coefficient (Wildman–Crippen LogP) is 1.89. The van der Waals surface area contributed by atoms with E-state index in [0.717, 1.165) is 0 Å². The Morgan fingerprint density at radius 2 is 1.52 bits per heavy atom. The van der Waals surface area contributed by atoms with Crippen molar-refractivity contribution in [2.24, 2.45) is 0 Å². The molecule has 2 aromatic rings. The average Bonchev–Trinajstić information content (AvgIpc) is 3.20. The van der Waals surface area contributed by atoms with Crippen LogP contribution in [0.1, 0.15) is 6.92 Å². The highest BCUT2D eigenvalue weighted by molar-refractivity contribution is 7.91. The summed E-state index contributed by atoms with van der Waals surface area (Å²) in [6, 6.07) is 6.12. The summed E-state index contributed by atoms with van der Waals surface area (Å²) in [4.78, 5) is 0. The Morgan fingerprint density at radius 1 is 0.957 bits per heavy atom. The fraction of sp³-hybridized carbons (Fsp3) is 0.385. The molecule has 3 heterocycles. The minimum Gasteiger partial charge on any atom is -0.206 e. The number of sulfonamides is 2. The summed E-state index contributed by atoms with van der Waals surface area (Å²) in [5.41, 5.74) is 0. The van der Waals surface area contributed by atoms with Crippen LogP contribution in [0.4, 0.5) is 0 Å². The number of hydrogen-bond donors (Lipinski definition) is 0. The first-order valence-electron chi connectivity index (χ1n) is 6.92. The first kappa shape index (κ1) is 17.1. The Bertz CT molecular complexity index is 857. The lowest BCUT2D eigenvalue weighted by Gasteiger charge is -2.37. The van der Waals surface area contributed by atoms with Gasteiger partial charge in [0.25, 0.3) is 20.0 Å². The van der Waals surface area contributed by atoms with Gasteiger partial charge >= 0.3 is 0 Å². The molecule has 0 spiro atoms. The normalized spacial score (nSPS) is 21.5. The molecule has 0 aliphatic carbocycles. The van der Waals surface area contributed by atoms with Crippen LogP contribution in [-0.2, 0) is 20.0 Å². The average molecular weight is 393 g/mol. The zero-order valence-corrected chi connectivity index (χ0v) is 15.6. The van der Waals surface area contributed by atoms with Gasteiger partial charge in [-0.2, -0.15) is 8.61 Å². The minimum atomic E-state index is -3.56. The zero-order chi connectivity index (χ0) is 16.7. The van der Waals surface area contributed by atoms with Gasteiger partial charge in [-0.25, -0.2) is 16.8 Å². The van der Waals surface area contributed by atoms with Gasteiger partial charge in [0.2, 0.25) is 0 Å². The van der Waals surface area contributed by atoms with Gasteiger partial charge in [0.15, 0.2) is 0 Å². The Kier molecular flexibility index (Phi) is 4.64. The van der Waals surface area contributed by atoms with Crippen molar-refractivity contribution in [3.63, 3.8) is 0 Å². The van der Waals surface area contributed by atoms with Gasteiger partial charge in [-0.3, -0.25) is 0 Å². The van der Waals surface area contributed by atoms with Gasteiger partial charge in [0, 0.05) is 25.7 Å². The van der Waals surface area contributed by atoms with Crippen LogP contribution in [0.25, 0.3) is 0 Å². The van der Waals surface area contributed by atoms with Crippen LogP contribution in [-0.4, -0.2) is 51.1 Å². The molecule has 0 saturated carbocycles. The highest BCUT2D eigenvalue weighted by atomic mass is 32.3. The van der Waals surface area contributed by atoms with Crippen LogP contribution in [0.3, 0.4) is 0 Å². The Balaban J connectivity index is 1.81. The Morgan fingerprint density at radius 3 is 2.00 bits per heavy atom. The van der Waals surface area contributed by atoms with Crippen molar-refractivity contribution < 1.29 is 16.8 Å². The number of rotatable bonds is 4. The van der Waals surface area contributed by atoms with Crippen molar-refractivity contribution in [2.45, 2.75) is 21.4 Å². The lowest BCUT2D eigenvalue weighted by Crippen LogP contribution is -2.54. The fourth-order valence-corrected chi connectivity index (χ4v) is 7.94. The van der Waals surface area contributed by atoms with E-state index in [2.05, 4.69) is 0 Å². The lowest BCUT2D eigenvalue weighted by molar-refractivity contribution is 0.213. The van der Waals surface area contributed by atoms with Gasteiger partial charge in [-0.1, -0.05) is 12.1 Å². The molecule has 23 heavy (non-hydrogen) atoms. The van der Waals surface area contributed by atoms with E-state index >= 15 is 0 Å². The Labute approximate surface area is 144 Å². The molecule has 3 rings (SSSR count). The predicted molar refractivity (Wildman–Crippen MR) is 90.8 cm³/mol. The fourth-order valence-electron chi connectivity index (χ4n) is 2.55. The molecule has 0 amide bonds. The van der Waals surface area contributed by atoms with Crippen LogP contribution in [0.2, 0.25) is 0 Å². The molecule has 0 aromatic carbocycles. The quantitative estimate of drug-likeness (QED) is 0.796. The molecular formula is C13H16N2O4S4. The third-order valence-electron chi connectivity index (χ3n) is 3.68. The largest absolute Gasteiger partial charge is 0.252 e. The van der Waals surface area contributed by atoms with E-state index < -0.39 is 26.1 Å². The van der Waals surface area contributed by atoms with E-state index in [-0.39, 0.29) is 19.6 Å². The van der Waals surface area contributed by atoms with Crippen molar-refractivity contribution in [2.75, 3.05) is 19.6 Å². The highest BCUT2D eigenvalue weighted by Crippen LogP contribution is 2.28. The van der Waals surface area contributed by atoms with Crippen molar-refractivity contribution in [1.29, 1.82) is 0 Å². The summed E-state index contributed by atoms with van der Waals surface area (Å²) in [7, 11) is -7.10. The molecule has 0 radical (unpaired) electrons. The maximum Gasteiger partial charge on any atom is 0.252 e. The van der Waals surface area contributed by atoms with E-state index in [0.29, 0.717) is 8.42 Å². The van der Waals surface area contributed by atoms with Crippen LogP contribution >= 0.6 is 22.7 Å². The summed E-state index contributed by atoms with van der Waals surface area (Å²) >= 11 is 2.34. The Hall–Kier alpha value is -0.780. The monoisotopic (exact) mass is 392 g/mol. The van der Waals surface area contributed by atoms with Gasteiger partial charge in [-0.05, 0) is 29.8 Å². The van der Waals surface area contributed by atoms with Crippen LogP contribution in [0.5, 0.6) is 0 Å². The SMILES string of the molecule is C[C@@H]1CN(S(=O)(=O)c2cccs2)CCN1S(=O)(=O)c1cccs1. The number of piperazine rings is 1. The molecule has 0 N–H and O–H groups in total. The molecule has 0 bridgehead atoms. The zero-order valence-electron chi connectivity index (χ0n) is 12.3. The van der Waals surface area contributed by atoms with Crippen LogP contribution < -0.4 is 0 Å². The third-order valence-corrected chi connectivity index (χ3v) is 10.3. The summed E-state index contributed by atoms with van der Waals surface area (Å²) in [5.74, 6) is 0. The second-order valence-electron chi connectivity index (χ2n) is 5.19. The molecule has 0 unspecified atom stereocenters. The van der Waals surface area contributed by atoms with Crippen molar-refractivity contribution in [3.05, 3.63) is 35.0 Å². The van der Waals surface area contributed by atoms with Crippen LogP contribution in [0.15, 0.2) is 43.4 Å². The van der Waals surface area contributed by atoms with Crippen LogP contribution in [0, 0.1) is 0 Å². The molecule has 1 fully saturated rings. The lowest BCUT2D eigenvalue weighted by atomic mass is 10.3. The van der Waals surface area contributed by atoms with E-state index in [1.54, 1.807) is 41.9 Å². The molecule has 1 saturated heterocycles. The van der Waals surface area contributed by atoms with Crippen molar-refractivity contribution in [3.8, 4) is 0 Å². The molecule has 1 aliphatic heterocycles. The summed E-state index contributed by atoms with van der Waals surface area (Å²) in [5, 5.41) is 3.43. The van der Waals surface area contributed by atoms with Crippen molar-refractivity contribution >= 4 is 42.7 Å². The molecule has 126 valence electrons. The highest BCUT2D eigenvalue weighted by Gasteiger charge is 2.38. The van der Waals surface area contributed by atoms with E-state index in [1.807, 2.05) is 0 Å². The van der Waals surface area contributed by atoms with Crippen molar-refractivity contribution in [1.82, 2.24) is 8.61 Å².